The van der Waals surface area contributed by atoms with Crippen molar-refractivity contribution < 1.29 is 23.8 Å². The lowest BCUT2D eigenvalue weighted by atomic mass is 10.2. The zero-order valence-electron chi connectivity index (χ0n) is 13.7. The highest BCUT2D eigenvalue weighted by molar-refractivity contribution is 6.17. The second kappa shape index (κ2) is 7.75. The molecule has 0 saturated carbocycles. The fourth-order valence-corrected chi connectivity index (χ4v) is 2.40. The van der Waals surface area contributed by atoms with Crippen molar-refractivity contribution in [3.05, 3.63) is 65.9 Å². The van der Waals surface area contributed by atoms with Gasteiger partial charge < -0.3 is 15.2 Å². The smallest absolute Gasteiger partial charge is 0.277 e. The molecular weight excluding hydrogens is 341 g/mol. The maximum Gasteiger partial charge on any atom is 0.277 e. The lowest BCUT2D eigenvalue weighted by Crippen LogP contribution is -2.34. The van der Waals surface area contributed by atoms with Gasteiger partial charge in [0.1, 0.15) is 12.3 Å². The van der Waals surface area contributed by atoms with E-state index in [4.69, 9.17) is 9.84 Å². The summed E-state index contributed by atoms with van der Waals surface area (Å²) in [4.78, 5) is 28.6. The highest BCUT2D eigenvalue weighted by Crippen LogP contribution is 2.24. The molecule has 0 atom stereocenters. The van der Waals surface area contributed by atoms with Crippen LogP contribution in [0.4, 0.5) is 10.1 Å². The lowest BCUT2D eigenvalue weighted by molar-refractivity contribution is -0.137. The normalized spacial score (nSPS) is 13.8. The maximum absolute atomic E-state index is 14.2. The van der Waals surface area contributed by atoms with E-state index in [0.29, 0.717) is 5.69 Å². The number of nitrogens with zero attached hydrogens (tertiary/aromatic N) is 2. The van der Waals surface area contributed by atoms with Gasteiger partial charge in [-0.3, -0.25) is 19.5 Å². The van der Waals surface area contributed by atoms with Gasteiger partial charge in [0.25, 0.3) is 11.8 Å². The Morgan fingerprint density at radius 1 is 1.19 bits per heavy atom. The van der Waals surface area contributed by atoms with E-state index >= 15 is 0 Å². The number of carbonyl (C=O) groups excluding carboxylic acids is 2. The van der Waals surface area contributed by atoms with Crippen LogP contribution in [-0.2, 0) is 16.2 Å². The summed E-state index contributed by atoms with van der Waals surface area (Å²) in [5.74, 6) is -1.63. The van der Waals surface area contributed by atoms with Crippen molar-refractivity contribution in [2.45, 2.75) is 6.61 Å². The number of pyridine rings is 1. The molecule has 26 heavy (non-hydrogen) atoms. The van der Waals surface area contributed by atoms with Crippen LogP contribution in [-0.4, -0.2) is 40.0 Å². The number of carbonyl (C=O) groups is 2. The molecule has 0 bridgehead atoms. The zero-order valence-corrected chi connectivity index (χ0v) is 13.7. The first-order valence-corrected chi connectivity index (χ1v) is 7.85. The van der Waals surface area contributed by atoms with E-state index in [1.807, 2.05) is 0 Å². The number of amides is 2. The Bertz CT molecular complexity index is 855. The predicted molar refractivity (Wildman–Crippen MR) is 90.5 cm³/mol. The summed E-state index contributed by atoms with van der Waals surface area (Å²) in [6.45, 7) is -0.216. The molecule has 3 rings (SSSR count). The van der Waals surface area contributed by atoms with Crippen molar-refractivity contribution in [2.75, 3.05) is 18.5 Å². The van der Waals surface area contributed by atoms with Crippen molar-refractivity contribution >= 4 is 17.5 Å². The van der Waals surface area contributed by atoms with E-state index in [1.54, 1.807) is 24.5 Å². The van der Waals surface area contributed by atoms with E-state index in [-0.39, 0.29) is 31.2 Å². The summed E-state index contributed by atoms with van der Waals surface area (Å²) in [6.07, 6.45) is 4.36. The maximum atomic E-state index is 14.2. The van der Waals surface area contributed by atoms with Gasteiger partial charge >= 0.3 is 0 Å². The monoisotopic (exact) mass is 357 g/mol. The Morgan fingerprint density at radius 3 is 2.65 bits per heavy atom. The van der Waals surface area contributed by atoms with Crippen molar-refractivity contribution in [1.82, 2.24) is 9.88 Å². The minimum Gasteiger partial charge on any atom is -0.486 e. The van der Waals surface area contributed by atoms with Gasteiger partial charge in [0.2, 0.25) is 0 Å². The topological polar surface area (TPSA) is 91.8 Å². The van der Waals surface area contributed by atoms with Crippen molar-refractivity contribution in [3.63, 3.8) is 0 Å². The quantitative estimate of drug-likeness (QED) is 0.729. The molecule has 0 saturated heterocycles. The Morgan fingerprint density at radius 2 is 1.96 bits per heavy atom. The Labute approximate surface area is 148 Å². The number of nitrogens with one attached hydrogen (secondary N) is 1. The number of rotatable bonds is 7. The van der Waals surface area contributed by atoms with Gasteiger partial charge in [-0.25, -0.2) is 4.39 Å². The minimum absolute atomic E-state index is 0.0216. The van der Waals surface area contributed by atoms with Gasteiger partial charge in [-0.2, -0.15) is 0 Å². The molecule has 2 N–H and O–H groups in total. The van der Waals surface area contributed by atoms with Gasteiger partial charge in [-0.05, 0) is 29.8 Å². The van der Waals surface area contributed by atoms with Crippen LogP contribution in [0.5, 0.6) is 5.75 Å². The first kappa shape index (κ1) is 17.6. The summed E-state index contributed by atoms with van der Waals surface area (Å²) in [7, 11) is 0. The standard InChI is InChI=1S/C18H16FN3O4/c19-14-9-13(21-15-10-17(24)22(7-8-23)18(15)25)1-2-16(14)26-11-12-3-5-20-6-4-12/h1-6,9-10,21,23H,7-8,11H2. The fourth-order valence-electron chi connectivity index (χ4n) is 2.40. The van der Waals surface area contributed by atoms with Crippen LogP contribution in [0.15, 0.2) is 54.5 Å². The van der Waals surface area contributed by atoms with Gasteiger partial charge in [-0.15, -0.1) is 0 Å². The number of hydrogen-bond donors (Lipinski definition) is 2. The highest BCUT2D eigenvalue weighted by atomic mass is 19.1. The number of hydrogen-bond acceptors (Lipinski definition) is 6. The third-order valence-electron chi connectivity index (χ3n) is 3.69. The second-order valence-electron chi connectivity index (χ2n) is 5.49. The van der Waals surface area contributed by atoms with Crippen LogP contribution < -0.4 is 10.1 Å². The van der Waals surface area contributed by atoms with Crippen molar-refractivity contribution in [1.29, 1.82) is 0 Å². The summed E-state index contributed by atoms with van der Waals surface area (Å²) in [5.41, 5.74) is 1.18. The molecule has 0 spiro atoms. The average molecular weight is 357 g/mol. The number of aliphatic hydroxyl groups is 1. The third-order valence-corrected chi connectivity index (χ3v) is 3.69. The molecule has 0 aliphatic carbocycles. The van der Waals surface area contributed by atoms with Gasteiger partial charge in [0.15, 0.2) is 11.6 Å². The molecule has 7 nitrogen and oxygen atoms in total. The summed E-state index contributed by atoms with van der Waals surface area (Å²) < 4.78 is 19.6. The highest BCUT2D eigenvalue weighted by Gasteiger charge is 2.30. The van der Waals surface area contributed by atoms with Crippen LogP contribution in [0.25, 0.3) is 0 Å². The average Bonchev–Trinajstić information content (AvgIpc) is 2.90. The van der Waals surface area contributed by atoms with E-state index in [1.165, 1.54) is 18.2 Å². The molecule has 2 heterocycles. The predicted octanol–water partition coefficient (Wildman–Crippen LogP) is 1.46. The van der Waals surface area contributed by atoms with Crippen LogP contribution >= 0.6 is 0 Å². The summed E-state index contributed by atoms with van der Waals surface area (Å²) >= 11 is 0. The van der Waals surface area contributed by atoms with Crippen molar-refractivity contribution in [3.8, 4) is 5.75 Å². The molecule has 0 radical (unpaired) electrons. The third kappa shape index (κ3) is 3.86. The van der Waals surface area contributed by atoms with E-state index < -0.39 is 17.6 Å². The number of β-amino-alcohol motifs (C(OH)–C–C–N with tert-alkyl or cyclic N) is 1. The molecule has 1 aromatic carbocycles. The van der Waals surface area contributed by atoms with Gasteiger partial charge in [0.05, 0.1) is 13.2 Å². The zero-order chi connectivity index (χ0) is 18.5. The number of benzene rings is 1. The lowest BCUT2D eigenvalue weighted by Gasteiger charge is -2.14. The number of imide groups is 1. The Hall–Kier alpha value is -3.26. The second-order valence-corrected chi connectivity index (χ2v) is 5.49. The SMILES string of the molecule is O=C1C=C(Nc2ccc(OCc3ccncc3)c(F)c2)C(=O)N1CCO. The largest absolute Gasteiger partial charge is 0.486 e. The molecular formula is C18H16FN3O4. The summed E-state index contributed by atoms with van der Waals surface area (Å²) in [5, 5.41) is 11.6. The molecule has 0 unspecified atom stereocenters. The Balaban J connectivity index is 1.65. The van der Waals surface area contributed by atoms with Gasteiger partial charge in [0, 0.05) is 30.2 Å². The molecule has 1 aliphatic heterocycles. The number of anilines is 1. The number of aliphatic hydroxyl groups excluding tert-OH is 1. The fraction of sp³-hybridized carbons (Fsp3) is 0.167. The summed E-state index contributed by atoms with van der Waals surface area (Å²) in [6, 6.07) is 7.68. The van der Waals surface area contributed by atoms with Crippen LogP contribution in [0, 0.1) is 5.82 Å². The van der Waals surface area contributed by atoms with Gasteiger partial charge in [-0.1, -0.05) is 0 Å². The molecule has 0 fully saturated rings. The van der Waals surface area contributed by atoms with Crippen LogP contribution in [0.3, 0.4) is 0 Å². The number of halogens is 1. The van der Waals surface area contributed by atoms with Crippen LogP contribution in [0.1, 0.15) is 5.56 Å². The molecule has 1 aliphatic rings. The molecule has 134 valence electrons. The number of ether oxygens (including phenoxy) is 1. The molecule has 1 aromatic heterocycles. The van der Waals surface area contributed by atoms with Crippen molar-refractivity contribution in [2.24, 2.45) is 0 Å². The molecule has 2 aromatic rings. The van der Waals surface area contributed by atoms with E-state index in [2.05, 4.69) is 10.3 Å². The minimum atomic E-state index is -0.603. The first-order valence-electron chi connectivity index (χ1n) is 7.85. The van der Waals surface area contributed by atoms with Crippen LogP contribution in [0.2, 0.25) is 0 Å². The number of aromatic nitrogens is 1. The first-order chi connectivity index (χ1) is 12.6. The van der Waals surface area contributed by atoms with E-state index in [0.717, 1.165) is 16.5 Å². The Kier molecular flexibility index (Phi) is 5.23. The van der Waals surface area contributed by atoms with E-state index in [9.17, 15) is 14.0 Å². The molecule has 2 amide bonds. The molecule has 8 heteroatoms.